The van der Waals surface area contributed by atoms with E-state index in [0.29, 0.717) is 0 Å². The summed E-state index contributed by atoms with van der Waals surface area (Å²) in [5.41, 5.74) is 2.20. The monoisotopic (exact) mass is 318 g/mol. The van der Waals surface area contributed by atoms with Crippen LogP contribution in [-0.2, 0) is 10.0 Å². The van der Waals surface area contributed by atoms with E-state index in [9.17, 15) is 8.42 Å². The Bertz CT molecular complexity index is 679. The SMILES string of the molecule is CC(C)=C/C(=C\C=N\S(=O)(=O)c1ccccc1)N1CCCC1. The maximum atomic E-state index is 12.1. The number of rotatable bonds is 5. The van der Waals surface area contributed by atoms with E-state index in [2.05, 4.69) is 15.4 Å². The largest absolute Gasteiger partial charge is 0.371 e. The summed E-state index contributed by atoms with van der Waals surface area (Å²) in [5.74, 6) is 0. The lowest BCUT2D eigenvalue weighted by atomic mass is 10.2. The lowest BCUT2D eigenvalue weighted by molar-refractivity contribution is 0.440. The first-order valence-electron chi connectivity index (χ1n) is 7.44. The van der Waals surface area contributed by atoms with Gasteiger partial charge in [-0.05, 0) is 51.0 Å². The van der Waals surface area contributed by atoms with Gasteiger partial charge < -0.3 is 4.90 Å². The van der Waals surface area contributed by atoms with Crippen molar-refractivity contribution in [1.82, 2.24) is 4.90 Å². The third-order valence-electron chi connectivity index (χ3n) is 3.39. The Balaban J connectivity index is 2.21. The van der Waals surface area contributed by atoms with Gasteiger partial charge in [0.2, 0.25) is 0 Å². The first kappa shape index (κ1) is 16.5. The van der Waals surface area contributed by atoms with E-state index in [4.69, 9.17) is 0 Å². The molecule has 1 saturated heterocycles. The Labute approximate surface area is 132 Å². The van der Waals surface area contributed by atoms with Crippen molar-refractivity contribution < 1.29 is 8.42 Å². The van der Waals surface area contributed by atoms with Gasteiger partial charge in [-0.25, -0.2) is 0 Å². The van der Waals surface area contributed by atoms with Crippen molar-refractivity contribution in [3.05, 3.63) is 53.8 Å². The summed E-state index contributed by atoms with van der Waals surface area (Å²) in [7, 11) is -3.62. The van der Waals surface area contributed by atoms with Crippen molar-refractivity contribution in [3.63, 3.8) is 0 Å². The van der Waals surface area contributed by atoms with Gasteiger partial charge in [0.05, 0.1) is 4.90 Å². The zero-order chi connectivity index (χ0) is 16.0. The van der Waals surface area contributed by atoms with Crippen LogP contribution in [0.2, 0.25) is 0 Å². The Morgan fingerprint density at radius 1 is 1.14 bits per heavy atom. The van der Waals surface area contributed by atoms with Crippen LogP contribution in [0, 0.1) is 0 Å². The predicted octanol–water partition coefficient (Wildman–Crippen LogP) is 3.39. The molecule has 1 aliphatic heterocycles. The summed E-state index contributed by atoms with van der Waals surface area (Å²) in [5, 5.41) is 0. The van der Waals surface area contributed by atoms with Gasteiger partial charge in [0.25, 0.3) is 10.0 Å². The second-order valence-corrected chi connectivity index (χ2v) is 7.18. The number of hydrogen-bond donors (Lipinski definition) is 0. The molecule has 1 aromatic rings. The Kier molecular flexibility index (Phi) is 5.55. The number of nitrogens with zero attached hydrogens (tertiary/aromatic N) is 2. The number of allylic oxidation sites excluding steroid dienone is 3. The van der Waals surface area contributed by atoms with Gasteiger partial charge in [-0.2, -0.15) is 12.8 Å². The van der Waals surface area contributed by atoms with Crippen LogP contribution in [0.1, 0.15) is 26.7 Å². The molecule has 5 heteroatoms. The summed E-state index contributed by atoms with van der Waals surface area (Å²) in [6, 6.07) is 8.26. The van der Waals surface area contributed by atoms with Gasteiger partial charge in [-0.1, -0.05) is 23.8 Å². The third kappa shape index (κ3) is 4.56. The highest BCUT2D eigenvalue weighted by atomic mass is 32.2. The highest BCUT2D eigenvalue weighted by Crippen LogP contribution is 2.17. The van der Waals surface area contributed by atoms with Gasteiger partial charge in [-0.15, -0.1) is 0 Å². The minimum Gasteiger partial charge on any atom is -0.371 e. The van der Waals surface area contributed by atoms with Crippen molar-refractivity contribution in [2.75, 3.05) is 13.1 Å². The zero-order valence-electron chi connectivity index (χ0n) is 13.1. The van der Waals surface area contributed by atoms with Gasteiger partial charge in [0.15, 0.2) is 0 Å². The molecule has 1 aromatic carbocycles. The molecule has 1 fully saturated rings. The van der Waals surface area contributed by atoms with Crippen LogP contribution in [0.25, 0.3) is 0 Å². The molecule has 0 N–H and O–H groups in total. The Morgan fingerprint density at radius 2 is 1.77 bits per heavy atom. The lowest BCUT2D eigenvalue weighted by Crippen LogP contribution is -2.17. The average Bonchev–Trinajstić information content (AvgIpc) is 3.01. The Morgan fingerprint density at radius 3 is 2.36 bits per heavy atom. The number of hydrogen-bond acceptors (Lipinski definition) is 3. The highest BCUT2D eigenvalue weighted by molar-refractivity contribution is 7.90. The van der Waals surface area contributed by atoms with E-state index in [0.717, 1.165) is 18.8 Å². The molecular weight excluding hydrogens is 296 g/mol. The van der Waals surface area contributed by atoms with Gasteiger partial charge in [0.1, 0.15) is 0 Å². The Hall–Kier alpha value is -1.88. The molecule has 0 radical (unpaired) electrons. The van der Waals surface area contributed by atoms with Crippen LogP contribution in [0.4, 0.5) is 0 Å². The van der Waals surface area contributed by atoms with Gasteiger partial charge in [-0.3, -0.25) is 0 Å². The van der Waals surface area contributed by atoms with Crippen molar-refractivity contribution in [3.8, 4) is 0 Å². The molecule has 0 aliphatic carbocycles. The fourth-order valence-electron chi connectivity index (χ4n) is 2.36. The summed E-state index contributed by atoms with van der Waals surface area (Å²) in [6.07, 6.45) is 7.57. The number of likely N-dealkylation sites (tertiary alicyclic amines) is 1. The second kappa shape index (κ2) is 7.40. The van der Waals surface area contributed by atoms with E-state index < -0.39 is 10.0 Å². The van der Waals surface area contributed by atoms with Crippen LogP contribution in [0.5, 0.6) is 0 Å². The van der Waals surface area contributed by atoms with Crippen LogP contribution in [0.15, 0.2) is 63.0 Å². The molecule has 4 nitrogen and oxygen atoms in total. The molecule has 0 spiro atoms. The summed E-state index contributed by atoms with van der Waals surface area (Å²) < 4.78 is 28.0. The maximum Gasteiger partial charge on any atom is 0.282 e. The molecule has 0 atom stereocenters. The molecule has 0 amide bonds. The minimum atomic E-state index is -3.62. The second-order valence-electron chi connectivity index (χ2n) is 5.55. The number of benzene rings is 1. The summed E-state index contributed by atoms with van der Waals surface area (Å²) in [6.45, 7) is 6.08. The summed E-state index contributed by atoms with van der Waals surface area (Å²) in [4.78, 5) is 2.47. The first-order chi connectivity index (χ1) is 10.5. The van der Waals surface area contributed by atoms with E-state index >= 15 is 0 Å². The summed E-state index contributed by atoms with van der Waals surface area (Å²) >= 11 is 0. The zero-order valence-corrected chi connectivity index (χ0v) is 13.9. The fourth-order valence-corrected chi connectivity index (χ4v) is 3.20. The topological polar surface area (TPSA) is 49.7 Å². The van der Waals surface area contributed by atoms with Crippen molar-refractivity contribution in [1.29, 1.82) is 0 Å². The van der Waals surface area contributed by atoms with Crippen molar-refractivity contribution in [2.45, 2.75) is 31.6 Å². The lowest BCUT2D eigenvalue weighted by Gasteiger charge is -2.18. The molecule has 0 aromatic heterocycles. The molecule has 2 rings (SSSR count). The van der Waals surface area contributed by atoms with E-state index in [1.165, 1.54) is 24.6 Å². The van der Waals surface area contributed by atoms with Crippen molar-refractivity contribution >= 4 is 16.2 Å². The average molecular weight is 318 g/mol. The molecule has 118 valence electrons. The maximum absolute atomic E-state index is 12.1. The van der Waals surface area contributed by atoms with E-state index in [1.807, 2.05) is 13.8 Å². The third-order valence-corrected chi connectivity index (χ3v) is 4.66. The fraction of sp³-hybridized carbons (Fsp3) is 0.353. The molecule has 0 bridgehead atoms. The molecule has 1 heterocycles. The van der Waals surface area contributed by atoms with Crippen LogP contribution in [-0.4, -0.2) is 32.6 Å². The predicted molar refractivity (Wildman–Crippen MR) is 90.4 cm³/mol. The normalized spacial score (nSPS) is 16.3. The van der Waals surface area contributed by atoms with E-state index in [-0.39, 0.29) is 4.90 Å². The van der Waals surface area contributed by atoms with Gasteiger partial charge in [0, 0.05) is 25.0 Å². The van der Waals surface area contributed by atoms with Crippen LogP contribution in [0.3, 0.4) is 0 Å². The molecule has 0 unspecified atom stereocenters. The molecule has 1 aliphatic rings. The standard InChI is InChI=1S/C17H22N2O2S/c1-15(2)14-16(19-12-6-7-13-19)10-11-18-22(20,21)17-8-4-3-5-9-17/h3-5,8-11,14H,6-7,12-13H2,1-2H3/b16-10+,18-11+. The molecular formula is C17H22N2O2S. The van der Waals surface area contributed by atoms with Crippen LogP contribution >= 0.6 is 0 Å². The smallest absolute Gasteiger partial charge is 0.282 e. The quantitative estimate of drug-likeness (QED) is 0.617. The first-order valence-corrected chi connectivity index (χ1v) is 8.88. The molecule has 0 saturated carbocycles. The highest BCUT2D eigenvalue weighted by Gasteiger charge is 2.13. The van der Waals surface area contributed by atoms with Crippen LogP contribution < -0.4 is 0 Å². The number of sulfonamides is 1. The molecule has 22 heavy (non-hydrogen) atoms. The van der Waals surface area contributed by atoms with Gasteiger partial charge >= 0.3 is 0 Å². The minimum absolute atomic E-state index is 0.213. The van der Waals surface area contributed by atoms with E-state index in [1.54, 1.807) is 36.4 Å². The van der Waals surface area contributed by atoms with Crippen molar-refractivity contribution in [2.24, 2.45) is 4.40 Å².